The summed E-state index contributed by atoms with van der Waals surface area (Å²) in [6.45, 7) is 4.40. The molecule has 2 heterocycles. The fraction of sp³-hybridized carbons (Fsp3) is 0.333. The number of aromatic nitrogens is 2. The Morgan fingerprint density at radius 1 is 1.21 bits per heavy atom. The van der Waals surface area contributed by atoms with E-state index in [4.69, 9.17) is 0 Å². The van der Waals surface area contributed by atoms with Crippen molar-refractivity contribution >= 4 is 11.0 Å². The van der Waals surface area contributed by atoms with Gasteiger partial charge in [-0.15, -0.1) is 0 Å². The SMILES string of the molecule is CC(C)Cc1ccc2cccnc2n1. The summed E-state index contributed by atoms with van der Waals surface area (Å²) >= 11 is 0. The first-order chi connectivity index (χ1) is 6.75. The van der Waals surface area contributed by atoms with Gasteiger partial charge >= 0.3 is 0 Å². The number of rotatable bonds is 2. The van der Waals surface area contributed by atoms with Gasteiger partial charge in [0.15, 0.2) is 5.65 Å². The maximum Gasteiger partial charge on any atom is 0.159 e. The lowest BCUT2D eigenvalue weighted by atomic mass is 10.1. The molecule has 0 aromatic carbocycles. The van der Waals surface area contributed by atoms with Gasteiger partial charge in [-0.25, -0.2) is 9.97 Å². The van der Waals surface area contributed by atoms with Crippen molar-refractivity contribution in [3.8, 4) is 0 Å². The van der Waals surface area contributed by atoms with E-state index in [1.165, 1.54) is 0 Å². The van der Waals surface area contributed by atoms with Crippen molar-refractivity contribution in [1.82, 2.24) is 9.97 Å². The standard InChI is InChI=1S/C12H14N2/c1-9(2)8-11-6-5-10-4-3-7-13-12(10)14-11/h3-7,9H,8H2,1-2H3. The molecular formula is C12H14N2. The van der Waals surface area contributed by atoms with Crippen molar-refractivity contribution in [2.24, 2.45) is 5.92 Å². The maximum absolute atomic E-state index is 4.50. The summed E-state index contributed by atoms with van der Waals surface area (Å²) in [5.74, 6) is 0.642. The van der Waals surface area contributed by atoms with E-state index in [2.05, 4.69) is 35.9 Å². The molecule has 2 aromatic heterocycles. The number of hydrogen-bond donors (Lipinski definition) is 0. The highest BCUT2D eigenvalue weighted by Crippen LogP contribution is 2.11. The van der Waals surface area contributed by atoms with Crippen LogP contribution in [0.4, 0.5) is 0 Å². The van der Waals surface area contributed by atoms with Gasteiger partial charge in [0.1, 0.15) is 0 Å². The van der Waals surface area contributed by atoms with E-state index >= 15 is 0 Å². The highest BCUT2D eigenvalue weighted by molar-refractivity contribution is 5.74. The number of fused-ring (bicyclic) bond motifs is 1. The summed E-state index contributed by atoms with van der Waals surface area (Å²) in [6, 6.07) is 8.15. The lowest BCUT2D eigenvalue weighted by Gasteiger charge is -2.04. The third-order valence-electron chi connectivity index (χ3n) is 2.14. The summed E-state index contributed by atoms with van der Waals surface area (Å²) in [6.07, 6.45) is 2.81. The van der Waals surface area contributed by atoms with Gasteiger partial charge in [0.05, 0.1) is 0 Å². The summed E-state index contributed by atoms with van der Waals surface area (Å²) in [5, 5.41) is 1.11. The van der Waals surface area contributed by atoms with Crippen LogP contribution in [0.3, 0.4) is 0 Å². The van der Waals surface area contributed by atoms with Crippen LogP contribution in [0.5, 0.6) is 0 Å². The Hall–Kier alpha value is -1.44. The third-order valence-corrected chi connectivity index (χ3v) is 2.14. The molecule has 2 rings (SSSR count). The smallest absolute Gasteiger partial charge is 0.159 e. The molecule has 0 fully saturated rings. The van der Waals surface area contributed by atoms with Gasteiger partial charge in [-0.1, -0.05) is 13.8 Å². The normalized spacial score (nSPS) is 11.1. The topological polar surface area (TPSA) is 25.8 Å². The zero-order chi connectivity index (χ0) is 9.97. The van der Waals surface area contributed by atoms with Crippen LogP contribution < -0.4 is 0 Å². The van der Waals surface area contributed by atoms with Crippen molar-refractivity contribution in [2.45, 2.75) is 20.3 Å². The molecule has 0 aliphatic rings. The van der Waals surface area contributed by atoms with Gasteiger partial charge in [-0.2, -0.15) is 0 Å². The van der Waals surface area contributed by atoms with Crippen LogP contribution in [0.15, 0.2) is 30.5 Å². The zero-order valence-corrected chi connectivity index (χ0v) is 8.57. The summed E-state index contributed by atoms with van der Waals surface area (Å²) in [4.78, 5) is 8.74. The molecule has 0 spiro atoms. The van der Waals surface area contributed by atoms with Crippen LogP contribution in [0.2, 0.25) is 0 Å². The molecule has 2 heteroatoms. The second kappa shape index (κ2) is 3.74. The minimum Gasteiger partial charge on any atom is -0.237 e. The first-order valence-electron chi connectivity index (χ1n) is 4.96. The monoisotopic (exact) mass is 186 g/mol. The average molecular weight is 186 g/mol. The van der Waals surface area contributed by atoms with Crippen LogP contribution in [0.25, 0.3) is 11.0 Å². The Morgan fingerprint density at radius 2 is 2.07 bits per heavy atom. The third kappa shape index (κ3) is 1.90. The predicted molar refractivity (Wildman–Crippen MR) is 58.1 cm³/mol. The Bertz CT molecular complexity index is 435. The lowest BCUT2D eigenvalue weighted by Crippen LogP contribution is -1.97. The Labute approximate surface area is 84.0 Å². The Morgan fingerprint density at radius 3 is 2.86 bits per heavy atom. The number of pyridine rings is 2. The Kier molecular flexibility index (Phi) is 2.44. The van der Waals surface area contributed by atoms with Gasteiger partial charge in [0, 0.05) is 17.3 Å². The van der Waals surface area contributed by atoms with E-state index in [-0.39, 0.29) is 0 Å². The molecule has 2 nitrogen and oxygen atoms in total. The van der Waals surface area contributed by atoms with E-state index < -0.39 is 0 Å². The highest BCUT2D eigenvalue weighted by atomic mass is 14.8. The first-order valence-corrected chi connectivity index (χ1v) is 4.96. The van der Waals surface area contributed by atoms with Crippen molar-refractivity contribution < 1.29 is 0 Å². The molecule has 0 N–H and O–H groups in total. The van der Waals surface area contributed by atoms with Crippen LogP contribution in [0, 0.1) is 5.92 Å². The quantitative estimate of drug-likeness (QED) is 0.720. The highest BCUT2D eigenvalue weighted by Gasteiger charge is 2.00. The van der Waals surface area contributed by atoms with Gasteiger partial charge < -0.3 is 0 Å². The van der Waals surface area contributed by atoms with E-state index in [1.807, 2.05) is 12.1 Å². The van der Waals surface area contributed by atoms with E-state index in [9.17, 15) is 0 Å². The molecule has 0 amide bonds. The van der Waals surface area contributed by atoms with Crippen LogP contribution in [-0.4, -0.2) is 9.97 Å². The van der Waals surface area contributed by atoms with Crippen LogP contribution in [0.1, 0.15) is 19.5 Å². The van der Waals surface area contributed by atoms with Gasteiger partial charge in [-0.05, 0) is 36.6 Å². The maximum atomic E-state index is 4.50. The van der Waals surface area contributed by atoms with Gasteiger partial charge in [-0.3, -0.25) is 0 Å². The van der Waals surface area contributed by atoms with Crippen molar-refractivity contribution in [3.63, 3.8) is 0 Å². The molecule has 0 bridgehead atoms. The van der Waals surface area contributed by atoms with E-state index in [1.54, 1.807) is 6.20 Å². The second-order valence-corrected chi connectivity index (χ2v) is 3.95. The predicted octanol–water partition coefficient (Wildman–Crippen LogP) is 2.83. The molecule has 14 heavy (non-hydrogen) atoms. The molecule has 0 radical (unpaired) electrons. The molecular weight excluding hydrogens is 172 g/mol. The molecule has 0 unspecified atom stereocenters. The first kappa shape index (κ1) is 9.13. The molecule has 0 saturated carbocycles. The minimum absolute atomic E-state index is 0.642. The zero-order valence-electron chi connectivity index (χ0n) is 8.57. The largest absolute Gasteiger partial charge is 0.237 e. The molecule has 0 aliphatic heterocycles. The average Bonchev–Trinajstić information content (AvgIpc) is 2.17. The molecule has 0 saturated heterocycles. The molecule has 2 aromatic rings. The molecule has 0 aliphatic carbocycles. The number of hydrogen-bond acceptors (Lipinski definition) is 2. The lowest BCUT2D eigenvalue weighted by molar-refractivity contribution is 0.636. The fourth-order valence-electron chi connectivity index (χ4n) is 1.52. The fourth-order valence-corrected chi connectivity index (χ4v) is 1.52. The molecule has 0 atom stereocenters. The van der Waals surface area contributed by atoms with Crippen LogP contribution >= 0.6 is 0 Å². The summed E-state index contributed by atoms with van der Waals surface area (Å²) in [7, 11) is 0. The van der Waals surface area contributed by atoms with Gasteiger partial charge in [0.2, 0.25) is 0 Å². The van der Waals surface area contributed by atoms with Gasteiger partial charge in [0.25, 0.3) is 0 Å². The van der Waals surface area contributed by atoms with Crippen molar-refractivity contribution in [3.05, 3.63) is 36.2 Å². The Balaban J connectivity index is 2.41. The number of nitrogens with zero attached hydrogens (tertiary/aromatic N) is 2. The van der Waals surface area contributed by atoms with Crippen molar-refractivity contribution in [1.29, 1.82) is 0 Å². The van der Waals surface area contributed by atoms with Crippen molar-refractivity contribution in [2.75, 3.05) is 0 Å². The summed E-state index contributed by atoms with van der Waals surface area (Å²) < 4.78 is 0. The minimum atomic E-state index is 0.642. The van der Waals surface area contributed by atoms with E-state index in [0.29, 0.717) is 5.92 Å². The van der Waals surface area contributed by atoms with Crippen LogP contribution in [-0.2, 0) is 6.42 Å². The second-order valence-electron chi connectivity index (χ2n) is 3.95. The molecule has 72 valence electrons. The summed E-state index contributed by atoms with van der Waals surface area (Å²) in [5.41, 5.74) is 1.98. The van der Waals surface area contributed by atoms with E-state index in [0.717, 1.165) is 23.1 Å².